The van der Waals surface area contributed by atoms with Crippen molar-refractivity contribution in [2.24, 2.45) is 11.8 Å². The number of hydrogen-bond acceptors (Lipinski definition) is 9. The first-order valence-electron chi connectivity index (χ1n) is 23.7. The van der Waals surface area contributed by atoms with Crippen LogP contribution in [0.4, 0.5) is 0 Å². The highest BCUT2D eigenvalue weighted by atomic mass is 35.5. The van der Waals surface area contributed by atoms with Crippen LogP contribution in [0, 0.1) is 11.8 Å². The highest BCUT2D eigenvalue weighted by molar-refractivity contribution is 7.91. The van der Waals surface area contributed by atoms with Crippen LogP contribution in [0.1, 0.15) is 82.1 Å². The standard InChI is InChI=1S/C28H29ClN2O4S.C27H27ClN2O3S/c1-17(2)35-27-6-4-3-5-21(27)22-13-25-26(14-24(22)29)31-28(30-25)23(15-32)19-9-11-20(12-10-19)36(33,34)16-18-7-8-18;1-17(2)33-26-6-4-3-5-21(26)22-14-24-25(15-23(22)28)30-27(29-24)13-18-9-11-20(12-10-18)34(31,32)16-19-7-8-19/h3-6,9-14,17-18,23,32H,7-8,15-16H2,1-2H3,(H,30,31);3-6,9-12,14-15,17,19H,7-8,13,16H2,1-2H3,(H,29,30). The molecule has 10 rings (SSSR count). The fourth-order valence-corrected chi connectivity index (χ4v) is 12.5. The summed E-state index contributed by atoms with van der Waals surface area (Å²) in [7, 11) is -6.49. The molecule has 70 heavy (non-hydrogen) atoms. The van der Waals surface area contributed by atoms with Gasteiger partial charge in [0.05, 0.1) is 78.1 Å². The van der Waals surface area contributed by atoms with Gasteiger partial charge in [-0.05, 0) is 137 Å². The molecule has 2 aliphatic carbocycles. The monoisotopic (exact) mass is 1020 g/mol. The molecular formula is C55H56Cl2N4O7S2. The predicted molar refractivity (Wildman–Crippen MR) is 279 cm³/mol. The van der Waals surface area contributed by atoms with E-state index in [2.05, 4.69) is 9.97 Å². The van der Waals surface area contributed by atoms with Crippen LogP contribution in [0.2, 0.25) is 10.0 Å². The summed E-state index contributed by atoms with van der Waals surface area (Å²) >= 11 is 13.3. The Morgan fingerprint density at radius 3 is 1.53 bits per heavy atom. The zero-order chi connectivity index (χ0) is 49.3. The summed E-state index contributed by atoms with van der Waals surface area (Å²) < 4.78 is 62.1. The Morgan fingerprint density at radius 2 is 1.06 bits per heavy atom. The summed E-state index contributed by atoms with van der Waals surface area (Å²) in [5, 5.41) is 11.4. The minimum absolute atomic E-state index is 0.0195. The number of para-hydroxylation sites is 2. The summed E-state index contributed by atoms with van der Waals surface area (Å²) in [6.07, 6.45) is 4.65. The molecule has 0 saturated heterocycles. The van der Waals surface area contributed by atoms with E-state index in [4.69, 9.17) is 42.6 Å². The summed E-state index contributed by atoms with van der Waals surface area (Å²) in [6.45, 7) is 7.77. The minimum Gasteiger partial charge on any atom is -0.490 e. The molecule has 0 spiro atoms. The molecule has 0 aliphatic heterocycles. The lowest BCUT2D eigenvalue weighted by Gasteiger charge is -2.15. The number of aliphatic hydroxyl groups is 1. The lowest BCUT2D eigenvalue weighted by molar-refractivity contribution is 0.243. The maximum Gasteiger partial charge on any atom is 0.178 e. The van der Waals surface area contributed by atoms with Crippen LogP contribution in [-0.2, 0) is 26.1 Å². The first-order valence-corrected chi connectivity index (χ1v) is 27.7. The molecule has 0 bridgehead atoms. The van der Waals surface area contributed by atoms with Crippen molar-refractivity contribution in [1.29, 1.82) is 0 Å². The molecule has 2 heterocycles. The number of imidazole rings is 2. The molecule has 0 amide bonds. The minimum atomic E-state index is -3.29. The van der Waals surface area contributed by atoms with Gasteiger partial charge < -0.3 is 24.5 Å². The van der Waals surface area contributed by atoms with Gasteiger partial charge in [-0.1, -0.05) is 83.9 Å². The van der Waals surface area contributed by atoms with E-state index >= 15 is 0 Å². The zero-order valence-electron chi connectivity index (χ0n) is 39.5. The molecule has 8 aromatic rings. The van der Waals surface area contributed by atoms with Crippen molar-refractivity contribution in [3.8, 4) is 33.8 Å². The number of ether oxygens (including phenoxy) is 2. The van der Waals surface area contributed by atoms with Crippen molar-refractivity contribution in [2.45, 2.75) is 87.7 Å². The van der Waals surface area contributed by atoms with Gasteiger partial charge in [-0.3, -0.25) is 0 Å². The topological polar surface area (TPSA) is 164 Å². The van der Waals surface area contributed by atoms with Crippen LogP contribution in [0.25, 0.3) is 44.3 Å². The van der Waals surface area contributed by atoms with Crippen LogP contribution in [0.3, 0.4) is 0 Å². The zero-order valence-corrected chi connectivity index (χ0v) is 42.6. The van der Waals surface area contributed by atoms with E-state index in [9.17, 15) is 21.9 Å². The van der Waals surface area contributed by atoms with Gasteiger partial charge >= 0.3 is 0 Å². The molecule has 364 valence electrons. The Hall–Kier alpha value is -5.70. The third kappa shape index (κ3) is 11.6. The number of aromatic amines is 2. The number of halogens is 2. The van der Waals surface area contributed by atoms with Crippen LogP contribution >= 0.6 is 23.2 Å². The predicted octanol–water partition coefficient (Wildman–Crippen LogP) is 12.4. The molecule has 3 N–H and O–H groups in total. The Kier molecular flexibility index (Phi) is 14.5. The molecule has 2 aliphatic rings. The Balaban J connectivity index is 0.000000174. The van der Waals surface area contributed by atoms with E-state index < -0.39 is 25.6 Å². The number of nitrogens with one attached hydrogen (secondary N) is 2. The van der Waals surface area contributed by atoms with E-state index in [1.807, 2.05) is 113 Å². The number of benzene rings is 6. The molecule has 2 aromatic heterocycles. The van der Waals surface area contributed by atoms with Crippen molar-refractivity contribution < 1.29 is 31.4 Å². The fraction of sp³-hybridized carbons (Fsp3) is 0.309. The van der Waals surface area contributed by atoms with Crippen LogP contribution < -0.4 is 9.47 Å². The average molecular weight is 1020 g/mol. The van der Waals surface area contributed by atoms with Crippen LogP contribution in [0.15, 0.2) is 131 Å². The van der Waals surface area contributed by atoms with Gasteiger partial charge in [-0.2, -0.15) is 0 Å². The van der Waals surface area contributed by atoms with Crippen LogP contribution in [0.5, 0.6) is 11.5 Å². The SMILES string of the molecule is CC(C)Oc1ccccc1-c1cc2nc(C(CO)c3ccc(S(=O)(=O)CC4CC4)cc3)[nH]c2cc1Cl.CC(C)Oc1ccccc1-c1cc2nc(Cc3ccc(S(=O)(=O)CC4CC4)cc3)[nH]c2cc1Cl. The molecule has 11 nitrogen and oxygen atoms in total. The molecule has 6 aromatic carbocycles. The normalized spacial score (nSPS) is 14.5. The fourth-order valence-electron chi connectivity index (χ4n) is 8.53. The number of aliphatic hydroxyl groups excluding tert-OH is 1. The smallest absolute Gasteiger partial charge is 0.178 e. The number of H-pyrrole nitrogens is 2. The highest BCUT2D eigenvalue weighted by Crippen LogP contribution is 2.40. The van der Waals surface area contributed by atoms with Gasteiger partial charge in [0.15, 0.2) is 19.7 Å². The van der Waals surface area contributed by atoms with Gasteiger partial charge in [-0.25, -0.2) is 26.8 Å². The summed E-state index contributed by atoms with van der Waals surface area (Å²) in [5.41, 5.74) is 8.40. The lowest BCUT2D eigenvalue weighted by atomic mass is 9.99. The third-order valence-corrected chi connectivity index (χ3v) is 16.8. The molecule has 2 saturated carbocycles. The molecule has 2 fully saturated rings. The average Bonchev–Trinajstić information content (AvgIpc) is 4.24. The van der Waals surface area contributed by atoms with Gasteiger partial charge in [-0.15, -0.1) is 0 Å². The highest BCUT2D eigenvalue weighted by Gasteiger charge is 2.30. The van der Waals surface area contributed by atoms with Crippen molar-refractivity contribution in [1.82, 2.24) is 19.9 Å². The summed E-state index contributed by atoms with van der Waals surface area (Å²) in [5.74, 6) is 3.55. The van der Waals surface area contributed by atoms with Crippen molar-refractivity contribution in [3.05, 3.63) is 154 Å². The second kappa shape index (κ2) is 20.6. The van der Waals surface area contributed by atoms with Gasteiger partial charge in [0.25, 0.3) is 0 Å². The largest absolute Gasteiger partial charge is 0.490 e. The second-order valence-corrected chi connectivity index (χ2v) is 23.8. The Morgan fingerprint density at radius 1 is 0.600 bits per heavy atom. The number of rotatable bonds is 17. The number of fused-ring (bicyclic) bond motifs is 2. The van der Waals surface area contributed by atoms with E-state index in [0.717, 1.165) is 92.9 Å². The quantitative estimate of drug-likeness (QED) is 0.0805. The van der Waals surface area contributed by atoms with Crippen LogP contribution in [-0.4, -0.2) is 72.2 Å². The van der Waals surface area contributed by atoms with E-state index in [-0.39, 0.29) is 36.2 Å². The first-order chi connectivity index (χ1) is 33.5. The van der Waals surface area contributed by atoms with Gasteiger partial charge in [0.1, 0.15) is 23.1 Å². The lowest BCUT2D eigenvalue weighted by Crippen LogP contribution is -2.10. The van der Waals surface area contributed by atoms with E-state index in [1.165, 1.54) is 0 Å². The van der Waals surface area contributed by atoms with Crippen molar-refractivity contribution in [3.63, 3.8) is 0 Å². The number of sulfone groups is 2. The second-order valence-electron chi connectivity index (χ2n) is 18.9. The van der Waals surface area contributed by atoms with E-state index in [0.29, 0.717) is 43.5 Å². The van der Waals surface area contributed by atoms with Gasteiger partial charge in [0.2, 0.25) is 0 Å². The number of aromatic nitrogens is 4. The first kappa shape index (κ1) is 49.3. The summed E-state index contributed by atoms with van der Waals surface area (Å²) in [6, 6.07) is 37.1. The third-order valence-electron chi connectivity index (χ3n) is 12.4. The Bertz CT molecular complexity index is 3380. The van der Waals surface area contributed by atoms with Crippen molar-refractivity contribution >= 4 is 64.9 Å². The number of hydrogen-bond donors (Lipinski definition) is 3. The number of nitrogens with zero attached hydrogens (tertiary/aromatic N) is 2. The molecule has 1 unspecified atom stereocenters. The van der Waals surface area contributed by atoms with Crippen molar-refractivity contribution in [2.75, 3.05) is 18.1 Å². The molecule has 15 heteroatoms. The molecule has 1 atom stereocenters. The maximum atomic E-state index is 12.6. The Labute approximate surface area is 419 Å². The van der Waals surface area contributed by atoms with Gasteiger partial charge in [0, 0.05) is 28.7 Å². The molecular weight excluding hydrogens is 964 g/mol. The molecule has 0 radical (unpaired) electrons. The summed E-state index contributed by atoms with van der Waals surface area (Å²) in [4.78, 5) is 16.9. The van der Waals surface area contributed by atoms with E-state index in [1.54, 1.807) is 36.4 Å². The maximum absolute atomic E-state index is 12.6.